The Labute approximate surface area is 247 Å². The molecular formula is C31H30F2N4O3S2. The van der Waals surface area contributed by atoms with E-state index in [-0.39, 0.29) is 11.7 Å². The summed E-state index contributed by atoms with van der Waals surface area (Å²) < 4.78 is 56.9. The van der Waals surface area contributed by atoms with Gasteiger partial charge in [-0.25, -0.2) is 31.5 Å². The van der Waals surface area contributed by atoms with Crippen molar-refractivity contribution in [2.75, 3.05) is 19.3 Å². The Morgan fingerprint density at radius 3 is 2.43 bits per heavy atom. The molecule has 6 rings (SSSR count). The summed E-state index contributed by atoms with van der Waals surface area (Å²) in [5.41, 5.74) is 5.94. The maximum Gasteiger partial charge on any atom is 0.211 e. The molecule has 218 valence electrons. The van der Waals surface area contributed by atoms with Crippen molar-refractivity contribution in [1.82, 2.24) is 18.7 Å². The number of phenols is 1. The molecule has 0 atom stereocenters. The zero-order valence-corrected chi connectivity index (χ0v) is 25.1. The SMILES string of the molecule is CCc1nc2ccc(C3CCN(S(C)(=O)=O)CC3)cn2c1-c1ccc(-c2nc(-c3ccc(F)cc3O)cs2)c(F)c1C. The second-order valence-electron chi connectivity index (χ2n) is 10.7. The molecule has 7 nitrogen and oxygen atoms in total. The van der Waals surface area contributed by atoms with Crippen LogP contribution in [0.15, 0.2) is 54.0 Å². The number of halogens is 2. The molecule has 1 aliphatic rings. The van der Waals surface area contributed by atoms with E-state index in [9.17, 15) is 17.9 Å². The molecule has 4 heterocycles. The Hall–Kier alpha value is -3.67. The molecule has 0 aliphatic carbocycles. The van der Waals surface area contributed by atoms with Crippen molar-refractivity contribution in [3.63, 3.8) is 0 Å². The molecule has 0 amide bonds. The van der Waals surface area contributed by atoms with Crippen LogP contribution in [0, 0.1) is 18.6 Å². The first kappa shape index (κ1) is 28.4. The first-order valence-electron chi connectivity index (χ1n) is 13.8. The number of hydrogen-bond acceptors (Lipinski definition) is 6. The molecular weight excluding hydrogens is 578 g/mol. The van der Waals surface area contributed by atoms with Crippen LogP contribution in [0.3, 0.4) is 0 Å². The molecule has 0 unspecified atom stereocenters. The van der Waals surface area contributed by atoms with E-state index in [1.807, 2.05) is 23.5 Å². The fourth-order valence-corrected chi connectivity index (χ4v) is 7.47. The number of sulfonamides is 1. The predicted octanol–water partition coefficient (Wildman–Crippen LogP) is 6.79. The van der Waals surface area contributed by atoms with Crippen molar-refractivity contribution in [1.29, 1.82) is 0 Å². The first-order chi connectivity index (χ1) is 20.0. The smallest absolute Gasteiger partial charge is 0.211 e. The maximum absolute atomic E-state index is 16.0. The van der Waals surface area contributed by atoms with E-state index in [4.69, 9.17) is 4.98 Å². The number of thiazole rings is 1. The number of aromatic nitrogens is 3. The van der Waals surface area contributed by atoms with Crippen molar-refractivity contribution < 1.29 is 22.3 Å². The van der Waals surface area contributed by atoms with Gasteiger partial charge in [-0.3, -0.25) is 4.40 Å². The van der Waals surface area contributed by atoms with Gasteiger partial charge < -0.3 is 5.11 Å². The number of aryl methyl sites for hydroxylation is 1. The number of hydrogen-bond donors (Lipinski definition) is 1. The van der Waals surface area contributed by atoms with Crippen molar-refractivity contribution in [2.24, 2.45) is 0 Å². The average Bonchev–Trinajstić information content (AvgIpc) is 3.59. The van der Waals surface area contributed by atoms with E-state index in [0.717, 1.165) is 47.1 Å². The molecule has 0 radical (unpaired) electrons. The van der Waals surface area contributed by atoms with E-state index >= 15 is 4.39 Å². The zero-order valence-electron chi connectivity index (χ0n) is 23.4. The van der Waals surface area contributed by atoms with Gasteiger partial charge in [-0.15, -0.1) is 11.3 Å². The second kappa shape index (κ2) is 10.9. The van der Waals surface area contributed by atoms with E-state index in [1.165, 1.54) is 34.0 Å². The van der Waals surface area contributed by atoms with Gasteiger partial charge in [0.1, 0.15) is 28.0 Å². The monoisotopic (exact) mass is 608 g/mol. The molecule has 1 aliphatic heterocycles. The standard InChI is InChI=1S/C31H30F2N4O3S2/c1-4-25-30(37-16-20(5-10-28(37)34-25)19-11-13-36(14-12-19)42(3,39)40)22-8-9-24(29(33)18(22)2)31-35-26(17-41-31)23-7-6-21(32)15-27(23)38/h5-10,15-17,19,38H,4,11-14H2,1-3H3. The minimum absolute atomic E-state index is 0.215. The maximum atomic E-state index is 16.0. The minimum Gasteiger partial charge on any atom is -0.507 e. The quantitative estimate of drug-likeness (QED) is 0.230. The second-order valence-corrected chi connectivity index (χ2v) is 13.5. The highest BCUT2D eigenvalue weighted by Gasteiger charge is 2.27. The molecule has 0 saturated carbocycles. The normalized spacial score (nSPS) is 15.1. The third-order valence-corrected chi connectivity index (χ3v) is 10.2. The highest BCUT2D eigenvalue weighted by Crippen LogP contribution is 2.39. The summed E-state index contributed by atoms with van der Waals surface area (Å²) in [6.07, 6.45) is 5.44. The number of aromatic hydroxyl groups is 1. The Morgan fingerprint density at radius 2 is 1.74 bits per heavy atom. The van der Waals surface area contributed by atoms with Gasteiger partial charge in [0.05, 0.1) is 23.3 Å². The number of benzene rings is 2. The van der Waals surface area contributed by atoms with Crippen molar-refractivity contribution >= 4 is 27.0 Å². The van der Waals surface area contributed by atoms with Gasteiger partial charge in [-0.2, -0.15) is 0 Å². The van der Waals surface area contributed by atoms with Gasteiger partial charge in [0.15, 0.2) is 0 Å². The lowest BCUT2D eigenvalue weighted by Crippen LogP contribution is -2.37. The summed E-state index contributed by atoms with van der Waals surface area (Å²) in [5, 5.41) is 12.3. The van der Waals surface area contributed by atoms with Gasteiger partial charge in [0.25, 0.3) is 0 Å². The van der Waals surface area contributed by atoms with Crippen LogP contribution in [0.4, 0.5) is 8.78 Å². The highest BCUT2D eigenvalue weighted by molar-refractivity contribution is 7.88. The highest BCUT2D eigenvalue weighted by atomic mass is 32.2. The number of phenolic OH excluding ortho intramolecular Hbond substituents is 1. The van der Waals surface area contributed by atoms with Crippen LogP contribution in [0.25, 0.3) is 38.7 Å². The number of rotatable bonds is 6. The lowest BCUT2D eigenvalue weighted by atomic mass is 9.91. The van der Waals surface area contributed by atoms with E-state index in [1.54, 1.807) is 18.4 Å². The fourth-order valence-electron chi connectivity index (χ4n) is 5.75. The van der Waals surface area contributed by atoms with Gasteiger partial charge in [-0.1, -0.05) is 19.1 Å². The molecule has 1 fully saturated rings. The van der Waals surface area contributed by atoms with Crippen LogP contribution in [-0.2, 0) is 16.4 Å². The Balaban J connectivity index is 1.36. The van der Waals surface area contributed by atoms with Gasteiger partial charge in [0, 0.05) is 47.4 Å². The molecule has 1 saturated heterocycles. The average molecular weight is 609 g/mol. The van der Waals surface area contributed by atoms with Crippen LogP contribution in [0.5, 0.6) is 5.75 Å². The molecule has 42 heavy (non-hydrogen) atoms. The molecule has 0 spiro atoms. The predicted molar refractivity (Wildman–Crippen MR) is 161 cm³/mol. The molecule has 5 aromatic rings. The lowest BCUT2D eigenvalue weighted by molar-refractivity contribution is 0.321. The fraction of sp³-hybridized carbons (Fsp3) is 0.290. The van der Waals surface area contributed by atoms with Crippen molar-refractivity contribution in [2.45, 2.75) is 39.0 Å². The number of imidazole rings is 1. The van der Waals surface area contributed by atoms with Gasteiger partial charge >= 0.3 is 0 Å². The minimum atomic E-state index is -3.20. The number of pyridine rings is 1. The summed E-state index contributed by atoms with van der Waals surface area (Å²) in [6, 6.07) is 11.4. The first-order valence-corrected chi connectivity index (χ1v) is 16.5. The number of piperidine rings is 1. The van der Waals surface area contributed by atoms with E-state index < -0.39 is 21.7 Å². The van der Waals surface area contributed by atoms with Gasteiger partial charge in [-0.05, 0) is 67.5 Å². The summed E-state index contributed by atoms with van der Waals surface area (Å²) in [5.74, 6) is -0.947. The summed E-state index contributed by atoms with van der Waals surface area (Å²) in [4.78, 5) is 9.37. The van der Waals surface area contributed by atoms with Crippen LogP contribution >= 0.6 is 11.3 Å². The van der Waals surface area contributed by atoms with Gasteiger partial charge in [0.2, 0.25) is 10.0 Å². The van der Waals surface area contributed by atoms with E-state index in [2.05, 4.69) is 17.2 Å². The van der Waals surface area contributed by atoms with E-state index in [0.29, 0.717) is 46.9 Å². The summed E-state index contributed by atoms with van der Waals surface area (Å²) in [7, 11) is -3.20. The molecule has 11 heteroatoms. The van der Waals surface area contributed by atoms with Crippen molar-refractivity contribution in [3.05, 3.63) is 82.5 Å². The molecule has 3 aromatic heterocycles. The van der Waals surface area contributed by atoms with Crippen LogP contribution in [0.1, 0.15) is 42.5 Å². The summed E-state index contributed by atoms with van der Waals surface area (Å²) in [6.45, 7) is 4.75. The van der Waals surface area contributed by atoms with Crippen LogP contribution in [-0.4, -0.2) is 51.5 Å². The van der Waals surface area contributed by atoms with Crippen LogP contribution in [0.2, 0.25) is 0 Å². The Bertz CT molecular complexity index is 1930. The number of nitrogens with zero attached hydrogens (tertiary/aromatic N) is 4. The number of fused-ring (bicyclic) bond motifs is 1. The summed E-state index contributed by atoms with van der Waals surface area (Å²) >= 11 is 1.25. The Morgan fingerprint density at radius 1 is 1.02 bits per heavy atom. The van der Waals surface area contributed by atoms with Crippen LogP contribution < -0.4 is 0 Å². The third-order valence-electron chi connectivity index (χ3n) is 8.05. The lowest BCUT2D eigenvalue weighted by Gasteiger charge is -2.30. The largest absolute Gasteiger partial charge is 0.507 e. The van der Waals surface area contributed by atoms with Crippen molar-refractivity contribution in [3.8, 4) is 38.8 Å². The zero-order chi connectivity index (χ0) is 29.8. The molecule has 1 N–H and O–H groups in total. The third kappa shape index (κ3) is 5.10. The topological polar surface area (TPSA) is 87.8 Å². The molecule has 2 aromatic carbocycles. The Kier molecular flexibility index (Phi) is 7.36. The molecule has 0 bridgehead atoms.